The minimum Gasteiger partial charge on any atom is -0.353 e. The van der Waals surface area contributed by atoms with E-state index in [1.165, 1.54) is 0 Å². The molecule has 6 aromatic heterocycles. The summed E-state index contributed by atoms with van der Waals surface area (Å²) in [5.41, 5.74) is 8.40. The molecule has 0 aliphatic rings. The van der Waals surface area contributed by atoms with Crippen LogP contribution in [0.4, 0.5) is 5.69 Å². The molecule has 6 aromatic rings. The van der Waals surface area contributed by atoms with Gasteiger partial charge in [-0.3, -0.25) is 19.9 Å². The monoisotopic (exact) mass is 493 g/mol. The molecule has 0 unspecified atom stereocenters. The van der Waals surface area contributed by atoms with Gasteiger partial charge in [-0.05, 0) is 47.7 Å². The van der Waals surface area contributed by atoms with Crippen LogP contribution in [0.25, 0.3) is 55.8 Å². The molecule has 36 heavy (non-hydrogen) atoms. The lowest BCUT2D eigenvalue weighted by Gasteiger charge is -2.08. The van der Waals surface area contributed by atoms with E-state index in [9.17, 15) is 4.79 Å². The van der Waals surface area contributed by atoms with E-state index in [1.54, 1.807) is 23.7 Å². The maximum absolute atomic E-state index is 12.2. The number of nitrogens with zero attached hydrogens (tertiary/aromatic N) is 4. The molecule has 0 radical (unpaired) electrons. The minimum absolute atomic E-state index is 0.0281. The number of aromatic nitrogens is 6. The number of H-pyrrole nitrogens is 2. The van der Waals surface area contributed by atoms with Crippen molar-refractivity contribution in [3.8, 4) is 33.9 Å². The lowest BCUT2D eigenvalue weighted by atomic mass is 10.1. The molecule has 0 bridgehead atoms. The average Bonchev–Trinajstić information content (AvgIpc) is 3.62. The van der Waals surface area contributed by atoms with Gasteiger partial charge in [0.2, 0.25) is 5.91 Å². The fraction of sp³-hybridized carbons (Fsp3) is 0.148. The first-order valence-corrected chi connectivity index (χ1v) is 12.6. The predicted octanol–water partition coefficient (Wildman–Crippen LogP) is 6.28. The summed E-state index contributed by atoms with van der Waals surface area (Å²) < 4.78 is 0. The molecule has 0 spiro atoms. The molecule has 6 rings (SSSR count). The maximum Gasteiger partial charge on any atom is 0.224 e. The Hall–Kier alpha value is -4.37. The molecule has 0 aliphatic heterocycles. The van der Waals surface area contributed by atoms with Gasteiger partial charge < -0.3 is 10.3 Å². The van der Waals surface area contributed by atoms with Crippen LogP contribution in [0.15, 0.2) is 65.7 Å². The number of nitrogens with one attached hydrogen (secondary N) is 3. The Kier molecular flexibility index (Phi) is 5.54. The van der Waals surface area contributed by atoms with Gasteiger partial charge in [0.15, 0.2) is 0 Å². The summed E-state index contributed by atoms with van der Waals surface area (Å²) in [6.45, 7) is 4.03. The predicted molar refractivity (Wildman–Crippen MR) is 144 cm³/mol. The zero-order valence-electron chi connectivity index (χ0n) is 19.7. The lowest BCUT2D eigenvalue weighted by Crippen LogP contribution is -2.13. The number of aromatic amines is 2. The van der Waals surface area contributed by atoms with E-state index < -0.39 is 0 Å². The van der Waals surface area contributed by atoms with Crippen LogP contribution in [-0.2, 0) is 4.79 Å². The molecule has 0 saturated carbocycles. The fourth-order valence-electron chi connectivity index (χ4n) is 4.29. The quantitative estimate of drug-likeness (QED) is 0.253. The zero-order chi connectivity index (χ0) is 24.6. The first-order valence-electron chi connectivity index (χ1n) is 11.7. The summed E-state index contributed by atoms with van der Waals surface area (Å²) in [5.74, 6) is 0.256. The molecule has 1 amide bonds. The Balaban J connectivity index is 1.38. The highest BCUT2D eigenvalue weighted by atomic mass is 32.1. The molecule has 9 heteroatoms. The van der Waals surface area contributed by atoms with E-state index in [1.807, 2.05) is 44.3 Å². The Labute approximate surface area is 210 Å². The second kappa shape index (κ2) is 9.01. The summed E-state index contributed by atoms with van der Waals surface area (Å²) in [6.07, 6.45) is 5.66. The molecule has 0 fully saturated rings. The molecule has 0 aromatic carbocycles. The maximum atomic E-state index is 12.2. The molecule has 3 N–H and O–H groups in total. The summed E-state index contributed by atoms with van der Waals surface area (Å²) in [7, 11) is 0. The molecule has 0 aliphatic carbocycles. The summed E-state index contributed by atoms with van der Waals surface area (Å²) >= 11 is 1.65. The fourth-order valence-corrected chi connectivity index (χ4v) is 4.93. The number of thiophene rings is 1. The van der Waals surface area contributed by atoms with E-state index in [2.05, 4.69) is 53.4 Å². The summed E-state index contributed by atoms with van der Waals surface area (Å²) in [5, 5.41) is 15.8. The van der Waals surface area contributed by atoms with Gasteiger partial charge >= 0.3 is 0 Å². The van der Waals surface area contributed by atoms with Gasteiger partial charge in [-0.15, -0.1) is 0 Å². The Morgan fingerprint density at radius 3 is 2.81 bits per heavy atom. The number of carbonyl (C=O) groups excluding carboxylic acids is 1. The summed E-state index contributed by atoms with van der Waals surface area (Å²) in [4.78, 5) is 29.5. The van der Waals surface area contributed by atoms with Crippen LogP contribution in [0.1, 0.15) is 20.3 Å². The van der Waals surface area contributed by atoms with E-state index in [0.717, 1.165) is 55.8 Å². The molecule has 178 valence electrons. The first kappa shape index (κ1) is 22.1. The third-order valence-electron chi connectivity index (χ3n) is 5.92. The molecular formula is C27H23N7OS. The smallest absolute Gasteiger partial charge is 0.224 e. The highest BCUT2D eigenvalue weighted by Crippen LogP contribution is 2.33. The van der Waals surface area contributed by atoms with Crippen LogP contribution in [0.2, 0.25) is 0 Å². The SMILES string of the molecule is CC(C)CC(=O)Nc1cncc(-c2ccc3[nH]nc(-c4cc5c(-c6ccsc6)nccc5[nH]4)c3n2)c1. The van der Waals surface area contributed by atoms with Crippen LogP contribution in [0, 0.1) is 5.92 Å². The van der Waals surface area contributed by atoms with Crippen molar-refractivity contribution in [2.45, 2.75) is 20.3 Å². The molecule has 6 heterocycles. The third kappa shape index (κ3) is 4.14. The molecule has 0 saturated heterocycles. The Morgan fingerprint density at radius 2 is 1.97 bits per heavy atom. The van der Waals surface area contributed by atoms with Gasteiger partial charge in [-0.25, -0.2) is 4.98 Å². The molecule has 8 nitrogen and oxygen atoms in total. The molecular weight excluding hydrogens is 470 g/mol. The summed E-state index contributed by atoms with van der Waals surface area (Å²) in [6, 6.07) is 11.9. The van der Waals surface area contributed by atoms with Crippen molar-refractivity contribution in [1.29, 1.82) is 0 Å². The van der Waals surface area contributed by atoms with Gasteiger partial charge in [0.1, 0.15) is 11.2 Å². The second-order valence-corrected chi connectivity index (χ2v) is 9.87. The van der Waals surface area contributed by atoms with Crippen LogP contribution in [0.5, 0.6) is 0 Å². The van der Waals surface area contributed by atoms with Crippen LogP contribution < -0.4 is 5.32 Å². The van der Waals surface area contributed by atoms with Gasteiger partial charge in [0.25, 0.3) is 0 Å². The van der Waals surface area contributed by atoms with E-state index in [0.29, 0.717) is 12.1 Å². The number of fused-ring (bicyclic) bond motifs is 2. The van der Waals surface area contributed by atoms with Crippen LogP contribution >= 0.6 is 11.3 Å². The normalized spacial score (nSPS) is 11.5. The zero-order valence-corrected chi connectivity index (χ0v) is 20.6. The van der Waals surface area contributed by atoms with Crippen molar-refractivity contribution in [1.82, 2.24) is 30.1 Å². The number of anilines is 1. The number of carbonyl (C=O) groups is 1. The van der Waals surface area contributed by atoms with Crippen molar-refractivity contribution >= 4 is 44.9 Å². The third-order valence-corrected chi connectivity index (χ3v) is 6.60. The standard InChI is InChI=1S/C27H23N7OS/c1-15(2)9-24(35)30-18-10-17(12-28-13-18)20-3-4-22-26(32-20)27(34-33-22)23-11-19-21(31-23)5-7-29-25(19)16-6-8-36-14-16/h3-8,10-15,31H,9H2,1-2H3,(H,30,35)(H,33,34). The largest absolute Gasteiger partial charge is 0.353 e. The van der Waals surface area contributed by atoms with Crippen LogP contribution in [-0.4, -0.2) is 36.0 Å². The number of hydrogen-bond donors (Lipinski definition) is 3. The number of rotatable bonds is 6. The van der Waals surface area contributed by atoms with Gasteiger partial charge in [-0.1, -0.05) is 13.8 Å². The van der Waals surface area contributed by atoms with Crippen molar-refractivity contribution in [2.75, 3.05) is 5.32 Å². The van der Waals surface area contributed by atoms with E-state index in [4.69, 9.17) is 4.98 Å². The molecule has 0 atom stereocenters. The number of pyridine rings is 3. The van der Waals surface area contributed by atoms with Crippen molar-refractivity contribution in [3.05, 3.63) is 65.7 Å². The van der Waals surface area contributed by atoms with Crippen molar-refractivity contribution < 1.29 is 4.79 Å². The first-order chi connectivity index (χ1) is 17.5. The van der Waals surface area contributed by atoms with Crippen LogP contribution in [0.3, 0.4) is 0 Å². The van der Waals surface area contributed by atoms with E-state index >= 15 is 0 Å². The van der Waals surface area contributed by atoms with Gasteiger partial charge in [0, 0.05) is 46.2 Å². The average molecular weight is 494 g/mol. The highest BCUT2D eigenvalue weighted by Gasteiger charge is 2.16. The Morgan fingerprint density at radius 1 is 1.06 bits per heavy atom. The number of amides is 1. The van der Waals surface area contributed by atoms with Crippen molar-refractivity contribution in [3.63, 3.8) is 0 Å². The minimum atomic E-state index is -0.0281. The number of hydrogen-bond acceptors (Lipinski definition) is 6. The van der Waals surface area contributed by atoms with Gasteiger partial charge in [0.05, 0.1) is 34.5 Å². The Bertz CT molecular complexity index is 1700. The van der Waals surface area contributed by atoms with Gasteiger partial charge in [-0.2, -0.15) is 16.4 Å². The van der Waals surface area contributed by atoms with Crippen molar-refractivity contribution in [2.24, 2.45) is 5.92 Å². The highest BCUT2D eigenvalue weighted by molar-refractivity contribution is 7.08. The topological polar surface area (TPSA) is 112 Å². The second-order valence-electron chi connectivity index (χ2n) is 9.09. The van der Waals surface area contributed by atoms with E-state index in [-0.39, 0.29) is 11.8 Å². The lowest BCUT2D eigenvalue weighted by molar-refractivity contribution is -0.116.